The third-order valence-corrected chi connectivity index (χ3v) is 2.37. The zero-order chi connectivity index (χ0) is 12.0. The molecule has 90 valence electrons. The third kappa shape index (κ3) is 4.42. The monoisotopic (exact) mass is 292 g/mol. The molecule has 0 amide bonds. The van der Waals surface area contributed by atoms with E-state index in [1.807, 2.05) is 0 Å². The molecule has 1 atom stereocenters. The van der Waals surface area contributed by atoms with Crippen molar-refractivity contribution in [3.63, 3.8) is 0 Å². The maximum atomic E-state index is 13.3. The molecule has 0 aromatic carbocycles. The summed E-state index contributed by atoms with van der Waals surface area (Å²) in [5.74, 6) is -0.233. The highest BCUT2D eigenvalue weighted by Gasteiger charge is 2.06. The van der Waals surface area contributed by atoms with Crippen LogP contribution in [0.3, 0.4) is 0 Å². The van der Waals surface area contributed by atoms with Crippen LogP contribution in [0.2, 0.25) is 0 Å². The average Bonchev–Trinajstić information content (AvgIpc) is 2.22. The van der Waals surface area contributed by atoms with Gasteiger partial charge in [0.25, 0.3) is 0 Å². The number of halogens is 2. The maximum Gasteiger partial charge on any atom is 0.166 e. The number of nitrogens with one attached hydrogen (secondary N) is 1. The lowest BCUT2D eigenvalue weighted by molar-refractivity contribution is 0.0615. The fraction of sp³-hybridized carbons (Fsp3) is 0.500. The van der Waals surface area contributed by atoms with E-state index in [0.717, 1.165) is 0 Å². The Hall–Kier alpha value is -0.720. The summed E-state index contributed by atoms with van der Waals surface area (Å²) in [6.45, 7) is 0.716. The van der Waals surface area contributed by atoms with E-state index in [1.54, 1.807) is 0 Å². The quantitative estimate of drug-likeness (QED) is 0.839. The SMILES string of the molecule is COCC(O)CCNc1ncc(Br)cc1F. The van der Waals surface area contributed by atoms with Crippen molar-refractivity contribution < 1.29 is 14.2 Å². The van der Waals surface area contributed by atoms with Gasteiger partial charge in [-0.1, -0.05) is 0 Å². The van der Waals surface area contributed by atoms with Gasteiger partial charge in [-0.25, -0.2) is 9.37 Å². The fourth-order valence-electron chi connectivity index (χ4n) is 1.18. The number of hydrogen-bond donors (Lipinski definition) is 2. The van der Waals surface area contributed by atoms with Crippen LogP contribution in [0, 0.1) is 5.82 Å². The van der Waals surface area contributed by atoms with E-state index in [9.17, 15) is 9.50 Å². The fourth-order valence-corrected chi connectivity index (χ4v) is 1.48. The molecule has 0 radical (unpaired) electrons. The maximum absolute atomic E-state index is 13.3. The van der Waals surface area contributed by atoms with Gasteiger partial charge in [-0.15, -0.1) is 0 Å². The van der Waals surface area contributed by atoms with Crippen LogP contribution in [-0.4, -0.2) is 36.5 Å². The van der Waals surface area contributed by atoms with Gasteiger partial charge in [0.05, 0.1) is 12.7 Å². The van der Waals surface area contributed by atoms with Crippen molar-refractivity contribution in [2.75, 3.05) is 25.6 Å². The van der Waals surface area contributed by atoms with Gasteiger partial charge < -0.3 is 15.2 Å². The molecule has 0 saturated carbocycles. The van der Waals surface area contributed by atoms with E-state index in [0.29, 0.717) is 17.4 Å². The predicted octanol–water partition coefficient (Wildman–Crippen LogP) is 1.79. The topological polar surface area (TPSA) is 54.4 Å². The highest BCUT2D eigenvalue weighted by molar-refractivity contribution is 9.10. The molecule has 0 aliphatic heterocycles. The molecule has 1 unspecified atom stereocenters. The summed E-state index contributed by atoms with van der Waals surface area (Å²) in [7, 11) is 1.52. The van der Waals surface area contributed by atoms with Crippen molar-refractivity contribution in [3.8, 4) is 0 Å². The molecule has 0 fully saturated rings. The lowest BCUT2D eigenvalue weighted by atomic mass is 10.2. The van der Waals surface area contributed by atoms with Crippen molar-refractivity contribution >= 4 is 21.7 Å². The first kappa shape index (κ1) is 13.3. The second kappa shape index (κ2) is 6.78. The lowest BCUT2D eigenvalue weighted by Crippen LogP contribution is -2.19. The van der Waals surface area contributed by atoms with Crippen LogP contribution < -0.4 is 5.32 Å². The van der Waals surface area contributed by atoms with E-state index >= 15 is 0 Å². The highest BCUT2D eigenvalue weighted by atomic mass is 79.9. The van der Waals surface area contributed by atoms with Crippen molar-refractivity contribution in [1.82, 2.24) is 4.98 Å². The number of hydrogen-bond acceptors (Lipinski definition) is 4. The zero-order valence-electron chi connectivity index (χ0n) is 8.91. The minimum atomic E-state index is -0.545. The molecule has 1 heterocycles. The Bertz CT molecular complexity index is 339. The minimum absolute atomic E-state index is 0.188. The number of ether oxygens (including phenoxy) is 1. The predicted molar refractivity (Wildman–Crippen MR) is 62.9 cm³/mol. The summed E-state index contributed by atoms with van der Waals surface area (Å²) in [6.07, 6.45) is 1.44. The molecule has 0 saturated heterocycles. The first-order valence-corrected chi connectivity index (χ1v) is 5.64. The first-order valence-electron chi connectivity index (χ1n) is 4.85. The van der Waals surface area contributed by atoms with Crippen molar-refractivity contribution in [2.45, 2.75) is 12.5 Å². The Morgan fingerprint density at radius 1 is 1.69 bits per heavy atom. The normalized spacial score (nSPS) is 12.5. The van der Waals surface area contributed by atoms with Gasteiger partial charge in [0.2, 0.25) is 0 Å². The molecule has 1 aromatic rings. The Labute approximate surface area is 102 Å². The van der Waals surface area contributed by atoms with Crippen LogP contribution in [0.1, 0.15) is 6.42 Å². The molecule has 0 bridgehead atoms. The van der Waals surface area contributed by atoms with Gasteiger partial charge >= 0.3 is 0 Å². The number of aliphatic hydroxyl groups excluding tert-OH is 1. The molecule has 6 heteroatoms. The Morgan fingerprint density at radius 3 is 3.06 bits per heavy atom. The molecule has 16 heavy (non-hydrogen) atoms. The molecule has 2 N–H and O–H groups in total. The standard InChI is InChI=1S/C10H14BrFN2O2/c1-16-6-8(15)2-3-13-10-9(12)4-7(11)5-14-10/h4-5,8,15H,2-3,6H2,1H3,(H,13,14). The number of aromatic nitrogens is 1. The number of aliphatic hydroxyl groups is 1. The van der Waals surface area contributed by atoms with Gasteiger partial charge in [0.15, 0.2) is 11.6 Å². The number of pyridine rings is 1. The number of anilines is 1. The van der Waals surface area contributed by atoms with Gasteiger partial charge in [0, 0.05) is 24.3 Å². The van der Waals surface area contributed by atoms with E-state index in [-0.39, 0.29) is 12.4 Å². The van der Waals surface area contributed by atoms with Gasteiger partial charge in [0.1, 0.15) is 0 Å². The number of rotatable bonds is 6. The summed E-state index contributed by atoms with van der Waals surface area (Å²) in [5, 5.41) is 12.2. The Morgan fingerprint density at radius 2 is 2.44 bits per heavy atom. The van der Waals surface area contributed by atoms with E-state index in [4.69, 9.17) is 4.74 Å². The summed E-state index contributed by atoms with van der Waals surface area (Å²) in [4.78, 5) is 3.87. The Balaban J connectivity index is 2.37. The molecule has 0 aliphatic carbocycles. The Kier molecular flexibility index (Phi) is 5.65. The van der Waals surface area contributed by atoms with Gasteiger partial charge in [-0.05, 0) is 28.4 Å². The van der Waals surface area contributed by atoms with Crippen LogP contribution in [0.5, 0.6) is 0 Å². The summed E-state index contributed by atoms with van der Waals surface area (Å²) in [5.41, 5.74) is 0. The molecule has 0 aliphatic rings. The second-order valence-corrected chi connectivity index (χ2v) is 4.22. The number of methoxy groups -OCH3 is 1. The van der Waals surface area contributed by atoms with Crippen LogP contribution in [-0.2, 0) is 4.74 Å². The van der Waals surface area contributed by atoms with E-state index < -0.39 is 11.9 Å². The number of nitrogens with zero attached hydrogens (tertiary/aromatic N) is 1. The van der Waals surface area contributed by atoms with Crippen LogP contribution in [0.25, 0.3) is 0 Å². The molecular formula is C10H14BrFN2O2. The second-order valence-electron chi connectivity index (χ2n) is 3.31. The van der Waals surface area contributed by atoms with Crippen molar-refractivity contribution in [2.24, 2.45) is 0 Å². The lowest BCUT2D eigenvalue weighted by Gasteiger charge is -2.10. The summed E-state index contributed by atoms with van der Waals surface area (Å²) in [6, 6.07) is 1.33. The molecule has 1 aromatic heterocycles. The summed E-state index contributed by atoms with van der Waals surface area (Å²) < 4.78 is 18.6. The van der Waals surface area contributed by atoms with Crippen molar-refractivity contribution in [1.29, 1.82) is 0 Å². The molecule has 4 nitrogen and oxygen atoms in total. The molecule has 1 rings (SSSR count). The van der Waals surface area contributed by atoms with Gasteiger partial charge in [-0.2, -0.15) is 0 Å². The smallest absolute Gasteiger partial charge is 0.166 e. The van der Waals surface area contributed by atoms with E-state index in [1.165, 1.54) is 19.4 Å². The third-order valence-electron chi connectivity index (χ3n) is 1.94. The van der Waals surface area contributed by atoms with Gasteiger partial charge in [-0.3, -0.25) is 0 Å². The van der Waals surface area contributed by atoms with Crippen LogP contribution in [0.4, 0.5) is 10.2 Å². The molecule has 0 spiro atoms. The first-order chi connectivity index (χ1) is 7.63. The highest BCUT2D eigenvalue weighted by Crippen LogP contribution is 2.15. The summed E-state index contributed by atoms with van der Waals surface area (Å²) >= 11 is 3.12. The van der Waals surface area contributed by atoms with E-state index in [2.05, 4.69) is 26.2 Å². The van der Waals surface area contributed by atoms with Crippen molar-refractivity contribution in [3.05, 3.63) is 22.6 Å². The molecular weight excluding hydrogens is 279 g/mol. The average molecular weight is 293 g/mol. The largest absolute Gasteiger partial charge is 0.391 e. The minimum Gasteiger partial charge on any atom is -0.391 e. The zero-order valence-corrected chi connectivity index (χ0v) is 10.5. The van der Waals surface area contributed by atoms with Crippen LogP contribution >= 0.6 is 15.9 Å². The van der Waals surface area contributed by atoms with Crippen LogP contribution in [0.15, 0.2) is 16.7 Å².